The molecule has 1 aliphatic heterocycles. The number of hydrogen-bond donors (Lipinski definition) is 1. The van der Waals surface area contributed by atoms with Crippen molar-refractivity contribution in [1.29, 1.82) is 0 Å². The summed E-state index contributed by atoms with van der Waals surface area (Å²) in [5.74, 6) is 1.03. The molecule has 1 aliphatic rings. The number of rotatable bonds is 6. The summed E-state index contributed by atoms with van der Waals surface area (Å²) in [6.45, 7) is 3.24. The maximum Gasteiger partial charge on any atom is 0.257 e. The van der Waals surface area contributed by atoms with Gasteiger partial charge in [0.25, 0.3) is 5.89 Å². The topological polar surface area (TPSA) is 88.3 Å². The van der Waals surface area contributed by atoms with Gasteiger partial charge in [-0.3, -0.25) is 0 Å². The van der Waals surface area contributed by atoms with Gasteiger partial charge in [0.15, 0.2) is 5.82 Å². The summed E-state index contributed by atoms with van der Waals surface area (Å²) in [4.78, 5) is 4.70. The number of sulfonamides is 1. The molecule has 2 heterocycles. The molecule has 0 amide bonds. The van der Waals surface area contributed by atoms with Crippen molar-refractivity contribution in [3.63, 3.8) is 0 Å². The number of nitrogens with zero attached hydrogens (tertiary/aromatic N) is 3. The Morgan fingerprint density at radius 3 is 2.42 bits per heavy atom. The Bertz CT molecular complexity index is 809. The van der Waals surface area contributed by atoms with Crippen LogP contribution in [0.15, 0.2) is 33.7 Å². The van der Waals surface area contributed by atoms with Gasteiger partial charge >= 0.3 is 0 Å². The van der Waals surface area contributed by atoms with Crippen molar-refractivity contribution in [3.8, 4) is 11.5 Å². The predicted molar refractivity (Wildman–Crippen MR) is 99.2 cm³/mol. The lowest BCUT2D eigenvalue weighted by Gasteiger charge is -2.19. The Hall–Kier alpha value is -1.77. The highest BCUT2D eigenvalue weighted by Gasteiger charge is 2.25. The van der Waals surface area contributed by atoms with Crippen LogP contribution in [0.1, 0.15) is 38.4 Å². The van der Waals surface area contributed by atoms with Gasteiger partial charge in [-0.2, -0.15) is 9.29 Å². The van der Waals surface area contributed by atoms with E-state index < -0.39 is 10.0 Å². The molecule has 1 aromatic heterocycles. The van der Waals surface area contributed by atoms with Gasteiger partial charge in [0.05, 0.1) is 4.90 Å². The lowest BCUT2D eigenvalue weighted by molar-refractivity contribution is 0.418. The van der Waals surface area contributed by atoms with Crippen molar-refractivity contribution in [2.45, 2.75) is 50.0 Å². The fourth-order valence-corrected chi connectivity index (χ4v) is 4.55. The van der Waals surface area contributed by atoms with E-state index in [9.17, 15) is 8.42 Å². The molecule has 1 N–H and O–H groups in total. The molecule has 0 spiro atoms. The van der Waals surface area contributed by atoms with Crippen LogP contribution in [-0.4, -0.2) is 49.0 Å². The zero-order chi connectivity index (χ0) is 18.6. The highest BCUT2D eigenvalue weighted by molar-refractivity contribution is 7.89. The first-order valence-corrected chi connectivity index (χ1v) is 10.5. The van der Waals surface area contributed by atoms with E-state index in [0.29, 0.717) is 36.1 Å². The Morgan fingerprint density at radius 2 is 1.81 bits per heavy atom. The van der Waals surface area contributed by atoms with Crippen LogP contribution in [0.2, 0.25) is 0 Å². The van der Waals surface area contributed by atoms with Crippen LogP contribution >= 0.6 is 0 Å². The molecule has 1 saturated heterocycles. The van der Waals surface area contributed by atoms with Gasteiger partial charge in [0.2, 0.25) is 10.0 Å². The average molecular weight is 378 g/mol. The molecule has 3 rings (SSSR count). The van der Waals surface area contributed by atoms with E-state index in [-0.39, 0.29) is 6.04 Å². The monoisotopic (exact) mass is 378 g/mol. The summed E-state index contributed by atoms with van der Waals surface area (Å²) in [6.07, 6.45) is 4.70. The molecule has 0 radical (unpaired) electrons. The lowest BCUT2D eigenvalue weighted by atomic mass is 10.2. The molecular formula is C18H26N4O3S. The molecule has 0 aliphatic carbocycles. The zero-order valence-corrected chi connectivity index (χ0v) is 16.1. The first kappa shape index (κ1) is 19.0. The fraction of sp³-hybridized carbons (Fsp3) is 0.556. The molecule has 2 aromatic rings. The first-order chi connectivity index (χ1) is 12.5. The molecule has 1 atom stereocenters. The van der Waals surface area contributed by atoms with Crippen LogP contribution in [0.4, 0.5) is 0 Å². The summed E-state index contributed by atoms with van der Waals surface area (Å²) >= 11 is 0. The molecule has 26 heavy (non-hydrogen) atoms. The second-order valence-electron chi connectivity index (χ2n) is 6.75. The molecule has 0 saturated carbocycles. The van der Waals surface area contributed by atoms with E-state index in [1.807, 2.05) is 14.0 Å². The highest BCUT2D eigenvalue weighted by atomic mass is 32.2. The summed E-state index contributed by atoms with van der Waals surface area (Å²) in [6, 6.07) is 6.94. The maximum atomic E-state index is 12.8. The van der Waals surface area contributed by atoms with Crippen molar-refractivity contribution in [1.82, 2.24) is 19.8 Å². The highest BCUT2D eigenvalue weighted by Crippen LogP contribution is 2.24. The van der Waals surface area contributed by atoms with Gasteiger partial charge in [-0.1, -0.05) is 18.0 Å². The van der Waals surface area contributed by atoms with Crippen molar-refractivity contribution in [2.75, 3.05) is 20.1 Å². The summed E-state index contributed by atoms with van der Waals surface area (Å²) in [7, 11) is -1.56. The Labute approximate surface area is 154 Å². The van der Waals surface area contributed by atoms with E-state index >= 15 is 0 Å². The van der Waals surface area contributed by atoms with E-state index in [1.54, 1.807) is 28.6 Å². The third kappa shape index (κ3) is 4.31. The molecule has 142 valence electrons. The largest absolute Gasteiger partial charge is 0.334 e. The molecule has 1 fully saturated rings. The van der Waals surface area contributed by atoms with Crippen molar-refractivity contribution >= 4 is 10.0 Å². The van der Waals surface area contributed by atoms with Gasteiger partial charge in [-0.05, 0) is 51.1 Å². The fourth-order valence-electron chi connectivity index (χ4n) is 3.03. The normalized spacial score (nSPS) is 17.8. The standard InChI is InChI=1S/C18H26N4O3S/c1-14(19-2)13-17-20-18(25-21-17)15-7-9-16(10-8-15)26(23,24)22-11-5-3-4-6-12-22/h7-10,14,19H,3-6,11-13H2,1-2H3. The van der Waals surface area contributed by atoms with Crippen molar-refractivity contribution in [3.05, 3.63) is 30.1 Å². The van der Waals surface area contributed by atoms with E-state index in [0.717, 1.165) is 31.2 Å². The molecule has 0 bridgehead atoms. The van der Waals surface area contributed by atoms with Gasteiger partial charge < -0.3 is 9.84 Å². The Kier molecular flexibility index (Phi) is 6.05. The second-order valence-corrected chi connectivity index (χ2v) is 8.69. The van der Waals surface area contributed by atoms with Gasteiger partial charge in [-0.25, -0.2) is 8.42 Å². The molecule has 7 nitrogen and oxygen atoms in total. The Morgan fingerprint density at radius 1 is 1.15 bits per heavy atom. The van der Waals surface area contributed by atoms with Gasteiger partial charge in [0, 0.05) is 31.1 Å². The number of likely N-dealkylation sites (N-methyl/N-ethyl adjacent to an activating group) is 1. The minimum absolute atomic E-state index is 0.251. The molecular weight excluding hydrogens is 352 g/mol. The third-order valence-electron chi connectivity index (χ3n) is 4.75. The number of nitrogens with one attached hydrogen (secondary N) is 1. The quantitative estimate of drug-likeness (QED) is 0.831. The van der Waals surface area contributed by atoms with Crippen LogP contribution in [0.3, 0.4) is 0 Å². The summed E-state index contributed by atoms with van der Waals surface area (Å²) in [5, 5.41) is 7.11. The predicted octanol–water partition coefficient (Wildman–Crippen LogP) is 2.45. The molecule has 8 heteroatoms. The summed E-state index contributed by atoms with van der Waals surface area (Å²) in [5.41, 5.74) is 0.718. The minimum Gasteiger partial charge on any atom is -0.334 e. The second kappa shape index (κ2) is 8.28. The van der Waals surface area contributed by atoms with Gasteiger partial charge in [0.1, 0.15) is 0 Å². The van der Waals surface area contributed by atoms with Crippen LogP contribution in [0.5, 0.6) is 0 Å². The van der Waals surface area contributed by atoms with Crippen molar-refractivity contribution in [2.24, 2.45) is 0 Å². The van der Waals surface area contributed by atoms with Crippen LogP contribution in [0.25, 0.3) is 11.5 Å². The number of aromatic nitrogens is 2. The van der Waals surface area contributed by atoms with Crippen molar-refractivity contribution < 1.29 is 12.9 Å². The maximum absolute atomic E-state index is 12.8. The van der Waals surface area contributed by atoms with Crippen LogP contribution in [0, 0.1) is 0 Å². The first-order valence-electron chi connectivity index (χ1n) is 9.11. The molecule has 1 aromatic carbocycles. The minimum atomic E-state index is -3.44. The number of hydrogen-bond acceptors (Lipinski definition) is 6. The van der Waals surface area contributed by atoms with Crippen LogP contribution in [-0.2, 0) is 16.4 Å². The zero-order valence-electron chi connectivity index (χ0n) is 15.3. The third-order valence-corrected chi connectivity index (χ3v) is 6.67. The summed E-state index contributed by atoms with van der Waals surface area (Å²) < 4.78 is 32.5. The SMILES string of the molecule is CNC(C)Cc1noc(-c2ccc(S(=O)(=O)N3CCCCCC3)cc2)n1. The van der Waals surface area contributed by atoms with E-state index in [2.05, 4.69) is 15.5 Å². The lowest BCUT2D eigenvalue weighted by Crippen LogP contribution is -2.31. The van der Waals surface area contributed by atoms with Crippen LogP contribution < -0.4 is 5.32 Å². The Balaban J connectivity index is 1.75. The van der Waals surface area contributed by atoms with E-state index in [4.69, 9.17) is 4.52 Å². The smallest absolute Gasteiger partial charge is 0.257 e. The van der Waals surface area contributed by atoms with Gasteiger partial charge in [-0.15, -0.1) is 0 Å². The van der Waals surface area contributed by atoms with E-state index in [1.165, 1.54) is 0 Å². The molecule has 1 unspecified atom stereocenters. The average Bonchev–Trinajstić information content (AvgIpc) is 2.92. The number of benzene rings is 1.